The topological polar surface area (TPSA) is 133 Å². The van der Waals surface area contributed by atoms with Gasteiger partial charge in [-0.25, -0.2) is 24.5 Å². The number of carboxylic acid groups (broad SMARTS) is 2. The van der Waals surface area contributed by atoms with Gasteiger partial charge in [-0.2, -0.15) is 26.3 Å². The fraction of sp³-hybridized carbons (Fsp3) is 0.348. The minimum Gasteiger partial charge on any atom is -0.475 e. The van der Waals surface area contributed by atoms with Crippen LogP contribution in [-0.2, 0) is 29.1 Å². The van der Waals surface area contributed by atoms with Gasteiger partial charge >= 0.3 is 24.3 Å². The molecule has 0 aliphatic carbocycles. The van der Waals surface area contributed by atoms with E-state index in [1.54, 1.807) is 6.20 Å². The molecule has 3 aromatic rings. The summed E-state index contributed by atoms with van der Waals surface area (Å²) >= 11 is 0. The molecule has 0 bridgehead atoms. The summed E-state index contributed by atoms with van der Waals surface area (Å²) in [5, 5.41) is 17.6. The summed E-state index contributed by atoms with van der Waals surface area (Å²) in [5.74, 6) is -2.43. The number of halogens is 6. The van der Waals surface area contributed by atoms with Gasteiger partial charge in [0.25, 0.3) is 0 Å². The van der Waals surface area contributed by atoms with Gasteiger partial charge in [-0.15, -0.1) is 0 Å². The molecule has 1 aliphatic heterocycles. The normalized spacial score (nSPS) is 13.1. The predicted molar refractivity (Wildman–Crippen MR) is 126 cm³/mol. The van der Waals surface area contributed by atoms with Crippen LogP contribution in [0.25, 0.3) is 0 Å². The summed E-state index contributed by atoms with van der Waals surface area (Å²) in [4.78, 5) is 33.7. The SMILES string of the molecule is Cc1cccc(N2CCc3ncc(CNc4ccccn4)n3CC2)n1.O=C(O)C(F)(F)F.O=C(O)C(F)(F)F. The summed E-state index contributed by atoms with van der Waals surface area (Å²) in [6.07, 6.45) is -5.46. The molecule has 4 rings (SSSR count). The van der Waals surface area contributed by atoms with E-state index in [0.29, 0.717) is 0 Å². The fourth-order valence-corrected chi connectivity index (χ4v) is 3.22. The van der Waals surface area contributed by atoms with Crippen LogP contribution in [0.1, 0.15) is 17.2 Å². The Morgan fingerprint density at radius 2 is 1.56 bits per heavy atom. The number of nitrogens with zero attached hydrogens (tertiary/aromatic N) is 5. The average molecular weight is 562 g/mol. The van der Waals surface area contributed by atoms with Gasteiger partial charge in [-0.05, 0) is 31.2 Å². The molecule has 0 unspecified atom stereocenters. The van der Waals surface area contributed by atoms with Crippen molar-refractivity contribution in [2.24, 2.45) is 0 Å². The quantitative estimate of drug-likeness (QED) is 0.405. The van der Waals surface area contributed by atoms with Crippen LogP contribution < -0.4 is 10.2 Å². The molecule has 212 valence electrons. The minimum atomic E-state index is -5.08. The lowest BCUT2D eigenvalue weighted by Gasteiger charge is -2.21. The third-order valence-electron chi connectivity index (χ3n) is 5.02. The molecule has 39 heavy (non-hydrogen) atoms. The van der Waals surface area contributed by atoms with Crippen LogP contribution in [0.2, 0.25) is 0 Å². The monoisotopic (exact) mass is 562 g/mol. The van der Waals surface area contributed by atoms with Crippen LogP contribution in [0.4, 0.5) is 38.0 Å². The first-order chi connectivity index (χ1) is 18.2. The average Bonchev–Trinajstić information content (AvgIpc) is 3.11. The van der Waals surface area contributed by atoms with Crippen molar-refractivity contribution in [2.75, 3.05) is 23.3 Å². The van der Waals surface area contributed by atoms with E-state index in [-0.39, 0.29) is 0 Å². The van der Waals surface area contributed by atoms with Crippen molar-refractivity contribution in [1.29, 1.82) is 0 Å². The third-order valence-corrected chi connectivity index (χ3v) is 5.02. The lowest BCUT2D eigenvalue weighted by atomic mass is 10.3. The van der Waals surface area contributed by atoms with E-state index in [1.165, 1.54) is 5.69 Å². The van der Waals surface area contributed by atoms with Crippen LogP contribution in [0.15, 0.2) is 48.8 Å². The largest absolute Gasteiger partial charge is 0.490 e. The maximum Gasteiger partial charge on any atom is 0.490 e. The number of anilines is 2. The number of hydrogen-bond acceptors (Lipinski definition) is 7. The first kappa shape index (κ1) is 30.9. The highest BCUT2D eigenvalue weighted by molar-refractivity contribution is 5.73. The van der Waals surface area contributed by atoms with Gasteiger partial charge in [0.1, 0.15) is 17.5 Å². The smallest absolute Gasteiger partial charge is 0.475 e. The highest BCUT2D eigenvalue weighted by Gasteiger charge is 2.38. The molecule has 0 saturated heterocycles. The molecule has 0 fully saturated rings. The lowest BCUT2D eigenvalue weighted by Crippen LogP contribution is -2.27. The molecule has 0 spiro atoms. The zero-order valence-corrected chi connectivity index (χ0v) is 20.4. The maximum absolute atomic E-state index is 10.6. The van der Waals surface area contributed by atoms with Gasteiger partial charge in [0.05, 0.1) is 18.4 Å². The summed E-state index contributed by atoms with van der Waals surface area (Å²) < 4.78 is 65.8. The van der Waals surface area contributed by atoms with E-state index in [2.05, 4.69) is 41.9 Å². The van der Waals surface area contributed by atoms with Crippen molar-refractivity contribution >= 4 is 23.6 Å². The number of aliphatic carboxylic acids is 2. The molecule has 10 nitrogen and oxygen atoms in total. The van der Waals surface area contributed by atoms with Gasteiger partial charge in [0, 0.05) is 37.9 Å². The van der Waals surface area contributed by atoms with Gasteiger partial charge in [-0.1, -0.05) is 12.1 Å². The number of pyridine rings is 2. The molecule has 3 aromatic heterocycles. The highest BCUT2D eigenvalue weighted by atomic mass is 19.4. The molecule has 0 aromatic carbocycles. The Hall–Kier alpha value is -4.37. The van der Waals surface area contributed by atoms with Crippen LogP contribution in [0, 0.1) is 6.92 Å². The molecule has 0 saturated carbocycles. The molecular formula is C23H24F6N6O4. The van der Waals surface area contributed by atoms with E-state index < -0.39 is 24.3 Å². The van der Waals surface area contributed by atoms with Crippen molar-refractivity contribution in [1.82, 2.24) is 19.5 Å². The molecule has 16 heteroatoms. The number of fused-ring (bicyclic) bond motifs is 1. The number of alkyl halides is 6. The molecular weight excluding hydrogens is 538 g/mol. The number of hydrogen-bond donors (Lipinski definition) is 3. The Kier molecular flexibility index (Phi) is 10.6. The number of rotatable bonds is 4. The lowest BCUT2D eigenvalue weighted by molar-refractivity contribution is -0.193. The second-order valence-corrected chi connectivity index (χ2v) is 7.87. The molecule has 0 radical (unpaired) electrons. The first-order valence-corrected chi connectivity index (χ1v) is 11.2. The van der Waals surface area contributed by atoms with E-state index in [4.69, 9.17) is 19.8 Å². The first-order valence-electron chi connectivity index (χ1n) is 11.2. The van der Waals surface area contributed by atoms with Crippen LogP contribution in [0.3, 0.4) is 0 Å². The predicted octanol–water partition coefficient (Wildman–Crippen LogP) is 3.92. The van der Waals surface area contributed by atoms with Gasteiger partial charge in [0.2, 0.25) is 0 Å². The van der Waals surface area contributed by atoms with Gasteiger partial charge < -0.3 is 25.0 Å². The zero-order valence-electron chi connectivity index (χ0n) is 20.4. The zero-order chi connectivity index (χ0) is 29.2. The van der Waals surface area contributed by atoms with E-state index in [0.717, 1.165) is 55.8 Å². The Labute approximate surface area is 217 Å². The number of carbonyl (C=O) groups is 2. The highest BCUT2D eigenvalue weighted by Crippen LogP contribution is 2.18. The third kappa shape index (κ3) is 10.1. The minimum absolute atomic E-state index is 0.729. The summed E-state index contributed by atoms with van der Waals surface area (Å²) in [7, 11) is 0. The number of imidazole rings is 1. The van der Waals surface area contributed by atoms with Crippen molar-refractivity contribution in [3.05, 3.63) is 66.0 Å². The van der Waals surface area contributed by atoms with Gasteiger partial charge in [-0.3, -0.25) is 0 Å². The maximum atomic E-state index is 10.6. The summed E-state index contributed by atoms with van der Waals surface area (Å²) in [5.41, 5.74) is 2.25. The molecule has 0 amide bonds. The van der Waals surface area contributed by atoms with Crippen LogP contribution in [-0.4, -0.2) is 67.1 Å². The Morgan fingerprint density at radius 3 is 2.10 bits per heavy atom. The second-order valence-electron chi connectivity index (χ2n) is 7.87. The van der Waals surface area contributed by atoms with Crippen LogP contribution in [0.5, 0.6) is 0 Å². The fourth-order valence-electron chi connectivity index (χ4n) is 3.22. The Balaban J connectivity index is 0.000000317. The van der Waals surface area contributed by atoms with Crippen molar-refractivity contribution in [3.63, 3.8) is 0 Å². The van der Waals surface area contributed by atoms with Gasteiger partial charge in [0.15, 0.2) is 0 Å². The Morgan fingerprint density at radius 1 is 0.923 bits per heavy atom. The molecule has 3 N–H and O–H groups in total. The van der Waals surface area contributed by atoms with E-state index in [1.807, 2.05) is 37.4 Å². The van der Waals surface area contributed by atoms with Crippen LogP contribution >= 0.6 is 0 Å². The Bertz CT molecular complexity index is 1210. The second kappa shape index (κ2) is 13.4. The summed E-state index contributed by atoms with van der Waals surface area (Å²) in [6, 6.07) is 12.1. The molecule has 1 aliphatic rings. The van der Waals surface area contributed by atoms with Crippen molar-refractivity contribution in [2.45, 2.75) is 38.8 Å². The van der Waals surface area contributed by atoms with E-state index in [9.17, 15) is 26.3 Å². The van der Waals surface area contributed by atoms with Crippen molar-refractivity contribution < 1.29 is 46.1 Å². The molecule has 0 atom stereocenters. The number of aryl methyl sites for hydroxylation is 1. The summed E-state index contributed by atoms with van der Waals surface area (Å²) in [6.45, 7) is 5.57. The molecule has 4 heterocycles. The van der Waals surface area contributed by atoms with Crippen molar-refractivity contribution in [3.8, 4) is 0 Å². The van der Waals surface area contributed by atoms with E-state index >= 15 is 0 Å². The standard InChI is InChI=1S/C19H22N6.2C2HF3O2/c1-15-5-4-7-19(23-15)24-10-8-18-22-14-16(25(18)12-11-24)13-21-17-6-2-3-9-20-17;2*3-2(4,5)1(6)7/h2-7,9,14H,8,10-13H2,1H3,(H,20,21);2*(H,6,7). The number of carboxylic acids is 2. The number of aromatic nitrogens is 4. The number of nitrogens with one attached hydrogen (secondary N) is 1.